The van der Waals surface area contributed by atoms with Crippen molar-refractivity contribution in [3.8, 4) is 0 Å². The molecule has 0 spiro atoms. The van der Waals surface area contributed by atoms with Gasteiger partial charge in [-0.3, -0.25) is 9.78 Å². The van der Waals surface area contributed by atoms with E-state index in [9.17, 15) is 4.79 Å². The van der Waals surface area contributed by atoms with Gasteiger partial charge in [0, 0.05) is 30.2 Å². The van der Waals surface area contributed by atoms with E-state index >= 15 is 0 Å². The molecule has 0 radical (unpaired) electrons. The summed E-state index contributed by atoms with van der Waals surface area (Å²) in [5, 5.41) is 18.7. The van der Waals surface area contributed by atoms with E-state index in [4.69, 9.17) is 10.2 Å². The molecule has 1 heterocycles. The van der Waals surface area contributed by atoms with E-state index in [-0.39, 0.29) is 32.2 Å². The number of aliphatic hydroxyl groups excluding tert-OH is 2. The standard InChI is InChI=1S/C14H16N2O3/c17-9-7-16(8-10-18)14(19)12-3-1-5-13-11(12)4-2-6-15-13/h1-6,17-18H,7-10H2. The Kier molecular flexibility index (Phi) is 4.43. The van der Waals surface area contributed by atoms with E-state index in [2.05, 4.69) is 4.98 Å². The molecule has 0 aliphatic carbocycles. The third-order valence-corrected chi connectivity index (χ3v) is 2.90. The first-order valence-electron chi connectivity index (χ1n) is 6.12. The summed E-state index contributed by atoms with van der Waals surface area (Å²) in [6.45, 7) is 0.148. The number of pyridine rings is 1. The van der Waals surface area contributed by atoms with Crippen molar-refractivity contribution in [2.45, 2.75) is 0 Å². The number of aromatic nitrogens is 1. The van der Waals surface area contributed by atoms with Crippen LogP contribution in [0.4, 0.5) is 0 Å². The maximum atomic E-state index is 12.4. The van der Waals surface area contributed by atoms with Crippen molar-refractivity contribution in [1.82, 2.24) is 9.88 Å². The second kappa shape index (κ2) is 6.26. The summed E-state index contributed by atoms with van der Waals surface area (Å²) in [4.78, 5) is 18.1. The van der Waals surface area contributed by atoms with Crippen LogP contribution in [0.2, 0.25) is 0 Å². The molecule has 5 heteroatoms. The number of amides is 1. The Labute approximate surface area is 111 Å². The molecule has 2 rings (SSSR count). The van der Waals surface area contributed by atoms with Crippen LogP contribution in [0.5, 0.6) is 0 Å². The number of benzene rings is 1. The second-order valence-electron chi connectivity index (χ2n) is 4.12. The fourth-order valence-corrected chi connectivity index (χ4v) is 2.02. The van der Waals surface area contributed by atoms with Crippen molar-refractivity contribution >= 4 is 16.8 Å². The summed E-state index contributed by atoms with van der Waals surface area (Å²) in [6, 6.07) is 8.97. The molecule has 0 fully saturated rings. The van der Waals surface area contributed by atoms with Gasteiger partial charge in [0.2, 0.25) is 0 Å². The number of aliphatic hydroxyl groups is 2. The van der Waals surface area contributed by atoms with Crippen molar-refractivity contribution in [3.05, 3.63) is 42.1 Å². The van der Waals surface area contributed by atoms with Gasteiger partial charge >= 0.3 is 0 Å². The first kappa shape index (κ1) is 13.5. The molecule has 1 aromatic carbocycles. The van der Waals surface area contributed by atoms with Gasteiger partial charge in [0.15, 0.2) is 0 Å². The number of hydrogen-bond acceptors (Lipinski definition) is 4. The molecule has 2 aromatic rings. The molecule has 0 unspecified atom stereocenters. The summed E-state index contributed by atoms with van der Waals surface area (Å²) in [7, 11) is 0. The van der Waals surface area contributed by atoms with E-state index in [1.165, 1.54) is 4.90 Å². The lowest BCUT2D eigenvalue weighted by molar-refractivity contribution is 0.0687. The molecule has 0 atom stereocenters. The Morgan fingerprint density at radius 3 is 2.53 bits per heavy atom. The third-order valence-electron chi connectivity index (χ3n) is 2.90. The minimum Gasteiger partial charge on any atom is -0.395 e. The van der Waals surface area contributed by atoms with Crippen LogP contribution in [0.3, 0.4) is 0 Å². The summed E-state index contributed by atoms with van der Waals surface area (Å²) >= 11 is 0. The molecule has 0 saturated heterocycles. The van der Waals surface area contributed by atoms with Gasteiger partial charge in [-0.2, -0.15) is 0 Å². The molecule has 1 amide bonds. The van der Waals surface area contributed by atoms with Gasteiger partial charge in [0.1, 0.15) is 0 Å². The van der Waals surface area contributed by atoms with Gasteiger partial charge in [-0.05, 0) is 18.2 Å². The van der Waals surface area contributed by atoms with Crippen molar-refractivity contribution in [3.63, 3.8) is 0 Å². The summed E-state index contributed by atoms with van der Waals surface area (Å²) in [6.07, 6.45) is 1.68. The van der Waals surface area contributed by atoms with Crippen LogP contribution in [-0.2, 0) is 0 Å². The average Bonchev–Trinajstić information content (AvgIpc) is 2.46. The van der Waals surface area contributed by atoms with Crippen LogP contribution in [0.15, 0.2) is 36.5 Å². The molecular formula is C14H16N2O3. The highest BCUT2D eigenvalue weighted by Gasteiger charge is 2.17. The second-order valence-corrected chi connectivity index (χ2v) is 4.12. The first-order valence-corrected chi connectivity index (χ1v) is 6.12. The van der Waals surface area contributed by atoms with Crippen LogP contribution in [0.25, 0.3) is 10.9 Å². The zero-order valence-electron chi connectivity index (χ0n) is 10.5. The van der Waals surface area contributed by atoms with Crippen LogP contribution in [0.1, 0.15) is 10.4 Å². The zero-order chi connectivity index (χ0) is 13.7. The van der Waals surface area contributed by atoms with Crippen LogP contribution in [-0.4, -0.2) is 52.3 Å². The molecule has 100 valence electrons. The molecule has 0 aliphatic rings. The van der Waals surface area contributed by atoms with Gasteiger partial charge < -0.3 is 15.1 Å². The van der Waals surface area contributed by atoms with Gasteiger partial charge in [-0.25, -0.2) is 0 Å². The van der Waals surface area contributed by atoms with Crippen molar-refractivity contribution < 1.29 is 15.0 Å². The Balaban J connectivity index is 2.39. The van der Waals surface area contributed by atoms with E-state index in [1.807, 2.05) is 12.1 Å². The van der Waals surface area contributed by atoms with Crippen LogP contribution in [0, 0.1) is 0 Å². The number of carbonyl (C=O) groups is 1. The summed E-state index contributed by atoms with van der Waals surface area (Å²) in [5.41, 5.74) is 1.29. The number of rotatable bonds is 5. The number of nitrogens with zero attached hydrogens (tertiary/aromatic N) is 2. The lowest BCUT2D eigenvalue weighted by Crippen LogP contribution is -2.35. The lowest BCUT2D eigenvalue weighted by Gasteiger charge is -2.21. The highest BCUT2D eigenvalue weighted by atomic mass is 16.3. The van der Waals surface area contributed by atoms with Crippen LogP contribution < -0.4 is 0 Å². The summed E-state index contributed by atoms with van der Waals surface area (Å²) in [5.74, 6) is -0.207. The van der Waals surface area contributed by atoms with Crippen LogP contribution >= 0.6 is 0 Å². The quantitative estimate of drug-likeness (QED) is 0.828. The van der Waals surface area contributed by atoms with E-state index in [0.29, 0.717) is 5.56 Å². The Bertz CT molecular complexity index is 560. The Hall–Kier alpha value is -1.98. The smallest absolute Gasteiger partial charge is 0.254 e. The average molecular weight is 260 g/mol. The Morgan fingerprint density at radius 2 is 1.84 bits per heavy atom. The number of fused-ring (bicyclic) bond motifs is 1. The molecule has 0 saturated carbocycles. The molecule has 1 aromatic heterocycles. The largest absolute Gasteiger partial charge is 0.395 e. The van der Waals surface area contributed by atoms with Gasteiger partial charge in [-0.1, -0.05) is 12.1 Å². The minimum atomic E-state index is -0.207. The SMILES string of the molecule is O=C(c1cccc2ncccc12)N(CCO)CCO. The lowest BCUT2D eigenvalue weighted by atomic mass is 10.1. The molecule has 0 aliphatic heterocycles. The van der Waals surface area contributed by atoms with E-state index in [0.717, 1.165) is 10.9 Å². The first-order chi connectivity index (χ1) is 9.27. The maximum absolute atomic E-state index is 12.4. The van der Waals surface area contributed by atoms with E-state index in [1.54, 1.807) is 24.4 Å². The fraction of sp³-hybridized carbons (Fsp3) is 0.286. The molecule has 19 heavy (non-hydrogen) atoms. The normalized spacial score (nSPS) is 10.6. The zero-order valence-corrected chi connectivity index (χ0v) is 10.5. The topological polar surface area (TPSA) is 73.7 Å². The molecule has 0 bridgehead atoms. The minimum absolute atomic E-state index is 0.130. The molecular weight excluding hydrogens is 244 g/mol. The monoisotopic (exact) mass is 260 g/mol. The summed E-state index contributed by atoms with van der Waals surface area (Å²) < 4.78 is 0. The highest BCUT2D eigenvalue weighted by molar-refractivity contribution is 6.06. The predicted molar refractivity (Wildman–Crippen MR) is 71.8 cm³/mol. The van der Waals surface area contributed by atoms with Gasteiger partial charge in [0.05, 0.1) is 18.7 Å². The van der Waals surface area contributed by atoms with Gasteiger partial charge in [-0.15, -0.1) is 0 Å². The third kappa shape index (κ3) is 2.89. The number of carbonyl (C=O) groups excluding carboxylic acids is 1. The van der Waals surface area contributed by atoms with Crippen molar-refractivity contribution in [1.29, 1.82) is 0 Å². The highest BCUT2D eigenvalue weighted by Crippen LogP contribution is 2.18. The Morgan fingerprint density at radius 1 is 1.11 bits per heavy atom. The number of hydrogen-bond donors (Lipinski definition) is 2. The maximum Gasteiger partial charge on any atom is 0.254 e. The van der Waals surface area contributed by atoms with Gasteiger partial charge in [0.25, 0.3) is 5.91 Å². The molecule has 2 N–H and O–H groups in total. The predicted octanol–water partition coefficient (Wildman–Crippen LogP) is 0.662. The van der Waals surface area contributed by atoms with Crippen molar-refractivity contribution in [2.24, 2.45) is 0 Å². The van der Waals surface area contributed by atoms with E-state index < -0.39 is 0 Å². The van der Waals surface area contributed by atoms with Crippen molar-refractivity contribution in [2.75, 3.05) is 26.3 Å². The molecule has 5 nitrogen and oxygen atoms in total. The fourth-order valence-electron chi connectivity index (χ4n) is 2.02.